The molecule has 5 nitrogen and oxygen atoms in total. The first-order valence-electron chi connectivity index (χ1n) is 9.17. The van der Waals surface area contributed by atoms with Crippen LogP contribution in [0, 0.1) is 13.8 Å². The fraction of sp³-hybridized carbons (Fsp3) is 0.238. The molecule has 1 aromatic heterocycles. The molecule has 0 saturated heterocycles. The van der Waals surface area contributed by atoms with Crippen molar-refractivity contribution in [3.63, 3.8) is 0 Å². The summed E-state index contributed by atoms with van der Waals surface area (Å²) in [6, 6.07) is 13.1. The molecule has 0 aliphatic heterocycles. The van der Waals surface area contributed by atoms with Crippen LogP contribution in [0.3, 0.4) is 0 Å². The molecule has 0 amide bonds. The fourth-order valence-electron chi connectivity index (χ4n) is 2.98. The molecule has 0 fully saturated rings. The molecule has 0 unspecified atom stereocenters. The Bertz CT molecular complexity index is 1020. The van der Waals surface area contributed by atoms with Gasteiger partial charge in [-0.15, -0.1) is 0 Å². The second-order valence-electron chi connectivity index (χ2n) is 6.41. The van der Waals surface area contributed by atoms with Crippen LogP contribution in [0.4, 0.5) is 11.4 Å². The zero-order chi connectivity index (χ0) is 21.0. The largest absolute Gasteiger partial charge is 0.492 e. The van der Waals surface area contributed by atoms with Crippen LogP contribution in [0.5, 0.6) is 5.75 Å². The smallest absolute Gasteiger partial charge is 0.175 e. The van der Waals surface area contributed by atoms with E-state index in [0.717, 1.165) is 34.1 Å². The van der Waals surface area contributed by atoms with E-state index >= 15 is 0 Å². The van der Waals surface area contributed by atoms with E-state index in [1.165, 1.54) is 0 Å². The van der Waals surface area contributed by atoms with Crippen LogP contribution in [-0.2, 0) is 6.54 Å². The van der Waals surface area contributed by atoms with Crippen LogP contribution in [0.25, 0.3) is 0 Å². The van der Waals surface area contributed by atoms with Crippen molar-refractivity contribution in [3.8, 4) is 5.75 Å². The average Bonchev–Trinajstić information content (AvgIpc) is 2.94. The molecule has 3 rings (SSSR count). The topological polar surface area (TPSA) is 51.1 Å². The molecule has 152 valence electrons. The third-order valence-corrected chi connectivity index (χ3v) is 5.34. The number of nitrogens with zero attached hydrogens (tertiary/aromatic N) is 2. The number of aromatic nitrogens is 2. The highest BCUT2D eigenvalue weighted by molar-refractivity contribution is 7.80. The van der Waals surface area contributed by atoms with Gasteiger partial charge in [0, 0.05) is 15.6 Å². The van der Waals surface area contributed by atoms with E-state index in [1.807, 2.05) is 67.9 Å². The van der Waals surface area contributed by atoms with Crippen LogP contribution in [0.1, 0.15) is 23.9 Å². The van der Waals surface area contributed by atoms with Gasteiger partial charge in [0.2, 0.25) is 0 Å². The van der Waals surface area contributed by atoms with Crippen molar-refractivity contribution >= 4 is 51.9 Å². The lowest BCUT2D eigenvalue weighted by atomic mass is 10.2. The second-order valence-corrected chi connectivity index (χ2v) is 7.63. The van der Waals surface area contributed by atoms with Gasteiger partial charge in [0.05, 0.1) is 35.9 Å². The molecule has 29 heavy (non-hydrogen) atoms. The minimum absolute atomic E-state index is 0.457. The van der Waals surface area contributed by atoms with E-state index < -0.39 is 0 Å². The van der Waals surface area contributed by atoms with Crippen molar-refractivity contribution in [2.75, 3.05) is 17.2 Å². The lowest BCUT2D eigenvalue weighted by molar-refractivity contribution is 0.342. The first kappa shape index (κ1) is 21.4. The van der Waals surface area contributed by atoms with E-state index in [9.17, 15) is 0 Å². The van der Waals surface area contributed by atoms with Crippen molar-refractivity contribution in [1.82, 2.24) is 9.78 Å². The number of hydrogen-bond donors (Lipinski definition) is 2. The summed E-state index contributed by atoms with van der Waals surface area (Å²) >= 11 is 18.1. The number of ether oxygens (including phenoxy) is 1. The van der Waals surface area contributed by atoms with Gasteiger partial charge in [0.25, 0.3) is 0 Å². The van der Waals surface area contributed by atoms with Crippen molar-refractivity contribution in [3.05, 3.63) is 69.5 Å². The van der Waals surface area contributed by atoms with Gasteiger partial charge in [0.15, 0.2) is 5.11 Å². The second kappa shape index (κ2) is 9.48. The number of para-hydroxylation sites is 2. The van der Waals surface area contributed by atoms with Gasteiger partial charge < -0.3 is 15.4 Å². The SMILES string of the molecule is CCOc1ccccc1NC(=S)Nc1c(C)nn(Cc2c(Cl)cccc2Cl)c1C. The summed E-state index contributed by atoms with van der Waals surface area (Å²) in [4.78, 5) is 0. The monoisotopic (exact) mass is 448 g/mol. The molecule has 0 atom stereocenters. The standard InChI is InChI=1S/C21H22Cl2N4OS/c1-4-28-19-11-6-5-10-18(19)24-21(29)25-20-13(2)26-27(14(20)3)12-15-16(22)8-7-9-17(15)23/h5-11H,4,12H2,1-3H3,(H2,24,25,29). The lowest BCUT2D eigenvalue weighted by Crippen LogP contribution is -2.20. The van der Waals surface area contributed by atoms with Crippen molar-refractivity contribution in [2.45, 2.75) is 27.3 Å². The number of halogens is 2. The predicted octanol–water partition coefficient (Wildman–Crippen LogP) is 6.06. The lowest BCUT2D eigenvalue weighted by Gasteiger charge is -2.14. The fourth-order valence-corrected chi connectivity index (χ4v) is 3.71. The number of nitrogens with one attached hydrogen (secondary N) is 2. The molecule has 0 bridgehead atoms. The number of hydrogen-bond acceptors (Lipinski definition) is 3. The number of benzene rings is 2. The van der Waals surface area contributed by atoms with Crippen molar-refractivity contribution in [1.29, 1.82) is 0 Å². The molecule has 0 saturated carbocycles. The zero-order valence-electron chi connectivity index (χ0n) is 16.4. The highest BCUT2D eigenvalue weighted by Crippen LogP contribution is 2.28. The Labute approximate surface area is 186 Å². The third-order valence-electron chi connectivity index (χ3n) is 4.42. The van der Waals surface area contributed by atoms with E-state index in [-0.39, 0.29) is 0 Å². The average molecular weight is 449 g/mol. The number of thiocarbonyl (C=S) groups is 1. The Morgan fingerprint density at radius 1 is 1.07 bits per heavy atom. The predicted molar refractivity (Wildman–Crippen MR) is 125 cm³/mol. The Morgan fingerprint density at radius 2 is 1.76 bits per heavy atom. The summed E-state index contributed by atoms with van der Waals surface area (Å²) in [6.07, 6.45) is 0. The quantitative estimate of drug-likeness (QED) is 0.448. The maximum absolute atomic E-state index is 6.31. The summed E-state index contributed by atoms with van der Waals surface area (Å²) < 4.78 is 7.50. The van der Waals surface area contributed by atoms with E-state index in [1.54, 1.807) is 0 Å². The first-order chi connectivity index (χ1) is 13.9. The molecule has 8 heteroatoms. The Morgan fingerprint density at radius 3 is 2.45 bits per heavy atom. The minimum atomic E-state index is 0.457. The molecule has 0 radical (unpaired) electrons. The Hall–Kier alpha value is -2.28. The molecule has 3 aromatic rings. The van der Waals surface area contributed by atoms with Crippen LogP contribution in [-0.4, -0.2) is 21.5 Å². The maximum atomic E-state index is 6.31. The molecule has 0 aliphatic rings. The summed E-state index contributed by atoms with van der Waals surface area (Å²) in [7, 11) is 0. The molecule has 0 spiro atoms. The molecular formula is C21H22Cl2N4OS. The Kier molecular flexibility index (Phi) is 7.00. The van der Waals surface area contributed by atoms with Crippen LogP contribution >= 0.6 is 35.4 Å². The van der Waals surface area contributed by atoms with Gasteiger partial charge >= 0.3 is 0 Å². The van der Waals surface area contributed by atoms with E-state index in [0.29, 0.717) is 28.3 Å². The Balaban J connectivity index is 1.78. The van der Waals surface area contributed by atoms with Crippen LogP contribution in [0.2, 0.25) is 10.0 Å². The van der Waals surface area contributed by atoms with Crippen molar-refractivity contribution < 1.29 is 4.74 Å². The van der Waals surface area contributed by atoms with Crippen LogP contribution in [0.15, 0.2) is 42.5 Å². The highest BCUT2D eigenvalue weighted by atomic mass is 35.5. The summed E-state index contributed by atoms with van der Waals surface area (Å²) in [5.41, 5.74) is 4.24. The molecular weight excluding hydrogens is 427 g/mol. The van der Waals surface area contributed by atoms with Gasteiger partial charge in [-0.1, -0.05) is 41.4 Å². The number of aryl methyl sites for hydroxylation is 1. The molecule has 2 aromatic carbocycles. The first-order valence-corrected chi connectivity index (χ1v) is 10.3. The van der Waals surface area contributed by atoms with Gasteiger partial charge in [0.1, 0.15) is 5.75 Å². The van der Waals surface area contributed by atoms with Gasteiger partial charge in [-0.05, 0) is 57.3 Å². The van der Waals surface area contributed by atoms with Gasteiger partial charge in [-0.2, -0.15) is 5.10 Å². The van der Waals surface area contributed by atoms with Gasteiger partial charge in [-0.25, -0.2) is 0 Å². The highest BCUT2D eigenvalue weighted by Gasteiger charge is 2.16. The zero-order valence-corrected chi connectivity index (χ0v) is 18.8. The normalized spacial score (nSPS) is 10.7. The number of rotatable bonds is 6. The molecule has 0 aliphatic carbocycles. The summed E-state index contributed by atoms with van der Waals surface area (Å²) in [5.74, 6) is 0.747. The maximum Gasteiger partial charge on any atom is 0.175 e. The van der Waals surface area contributed by atoms with E-state index in [4.69, 9.17) is 40.2 Å². The summed E-state index contributed by atoms with van der Waals surface area (Å²) in [6.45, 7) is 6.90. The number of anilines is 2. The molecule has 2 N–H and O–H groups in total. The summed E-state index contributed by atoms with van der Waals surface area (Å²) in [5, 5.41) is 12.7. The van der Waals surface area contributed by atoms with Gasteiger partial charge in [-0.3, -0.25) is 4.68 Å². The minimum Gasteiger partial charge on any atom is -0.492 e. The van der Waals surface area contributed by atoms with E-state index in [2.05, 4.69) is 15.7 Å². The van der Waals surface area contributed by atoms with Crippen molar-refractivity contribution in [2.24, 2.45) is 0 Å². The van der Waals surface area contributed by atoms with Crippen LogP contribution < -0.4 is 15.4 Å². The molecule has 1 heterocycles. The third kappa shape index (κ3) is 5.01.